The number of aliphatic hydroxyl groups is 29. The van der Waals surface area contributed by atoms with Crippen LogP contribution in [-0.4, -0.2) is 581 Å². The van der Waals surface area contributed by atoms with Crippen molar-refractivity contribution in [2.75, 3.05) is 66.1 Å². The van der Waals surface area contributed by atoms with Crippen molar-refractivity contribution in [2.24, 2.45) is 0 Å². The van der Waals surface area contributed by atoms with Crippen molar-refractivity contribution >= 4 is 29.5 Å². The molecule has 60 heteroatoms. The maximum Gasteiger partial charge on any atom is 0.217 e. The van der Waals surface area contributed by atoms with Crippen LogP contribution in [0.25, 0.3) is 0 Å². The molecule has 0 aliphatic carbocycles. The molecule has 11 aliphatic heterocycles. The normalized spacial score (nSPS) is 49.2. The van der Waals surface area contributed by atoms with E-state index in [1.54, 1.807) is 0 Å². The summed E-state index contributed by atoms with van der Waals surface area (Å²) in [6, 6.07) is -9.62. The Morgan fingerprint density at radius 1 is 0.206 bits per heavy atom. The van der Waals surface area contributed by atoms with E-state index in [0.29, 0.717) is 0 Å². The average Bonchev–Trinajstić information content (AvgIpc) is 0.763. The summed E-state index contributed by atoms with van der Waals surface area (Å²) in [5.74, 6) is -4.75. The van der Waals surface area contributed by atoms with Gasteiger partial charge in [0.05, 0.1) is 72.2 Å². The van der Waals surface area contributed by atoms with Gasteiger partial charge >= 0.3 is 0 Å². The van der Waals surface area contributed by atoms with Crippen molar-refractivity contribution in [3.63, 3.8) is 0 Å². The van der Waals surface area contributed by atoms with Crippen LogP contribution in [0.5, 0.6) is 0 Å². The predicted octanol–water partition coefficient (Wildman–Crippen LogP) is -23.2. The van der Waals surface area contributed by atoms with Crippen LogP contribution in [0, 0.1) is 0 Å². The molecule has 786 valence electrons. The van der Waals surface area contributed by atoms with Gasteiger partial charge in [-0.25, -0.2) is 0 Å². The first-order valence-electron chi connectivity index (χ1n) is 43.5. The minimum absolute atomic E-state index is 0.868. The summed E-state index contributed by atoms with van der Waals surface area (Å²) in [7, 11) is 0. The zero-order valence-corrected chi connectivity index (χ0v) is 73.4. The maximum absolute atomic E-state index is 13.4. The third-order valence-corrected chi connectivity index (χ3v) is 24.9. The summed E-state index contributed by atoms with van der Waals surface area (Å²) < 4.78 is 126. The van der Waals surface area contributed by atoms with Crippen molar-refractivity contribution < 1.29 is 272 Å². The number of carbonyl (C=O) groups excluding carboxylic acids is 5. The Bertz CT molecular complexity index is 3760. The van der Waals surface area contributed by atoms with E-state index in [-0.39, 0.29) is 0 Å². The van der Waals surface area contributed by atoms with Crippen LogP contribution in [-0.2, 0) is 123 Å². The lowest BCUT2D eigenvalue weighted by atomic mass is 9.93. The molecule has 0 radical (unpaired) electrons. The highest BCUT2D eigenvalue weighted by Gasteiger charge is 2.62. The largest absolute Gasteiger partial charge is 0.394 e. The second-order valence-electron chi connectivity index (χ2n) is 34.6. The zero-order chi connectivity index (χ0) is 100. The SMILES string of the molecule is CC(=O)N[C@@H]1[C@@H](O)[C@H](O[C@@H]2O[C@H](CO)[C@@H](O[C@@H]3O[C@H](CO[C@H]4O[C@H](CO[C@@H]5O[C@H](CO)[C@@H](O[C@@H]6O[C@H](CO)[C@H](O)[C@H](O)[C@H]6O)[C@H](O)[C@H]5NC(C)=O)[C@@H](O)[C@H](O)[C@@H]4O[C@@H]4O[C@H](CO)[C@@H](O)[C@H](O)[C@H]4NC(C)=O)[C@@H](O)[C@H](O[C@H]4O[C@H](CO)[C@@H](O)[C@H](O)[C@@H]4O[C@@H]4O[C@H](CO)[C@@H](O[C@@H]5O[C@H](CO)[C@H](O)[C@H](O)[C@H]5O)[C@H](O)[C@H]4NC(C)=O)[C@@H]3O)[C@H](O)[C@H]2NC(C)=O)[C@@H](CO[C@@H]2O[C@@H](C)[C@@H](O)[C@@H](O)[C@@H]2O)O[C@@H]1O. The lowest BCUT2D eigenvalue weighted by molar-refractivity contribution is -0.399. The second-order valence-corrected chi connectivity index (χ2v) is 34.6. The van der Waals surface area contributed by atoms with Gasteiger partial charge < -0.3 is 274 Å². The Morgan fingerprint density at radius 3 is 0.890 bits per heavy atom. The minimum atomic E-state index is -2.70. The number of hydrogen-bond donors (Lipinski definition) is 34. The van der Waals surface area contributed by atoms with E-state index in [9.17, 15) is 172 Å². The Balaban J connectivity index is 0.950. The topological polar surface area (TPSA) is 926 Å². The molecule has 60 nitrogen and oxygen atoms in total. The first-order valence-corrected chi connectivity index (χ1v) is 43.5. The van der Waals surface area contributed by atoms with Gasteiger partial charge in [-0.05, 0) is 6.92 Å². The first-order chi connectivity index (χ1) is 64.3. The fraction of sp³-hybridized carbons (Fsp3) is 0.934. The molecular formula is C76H127N5O55. The van der Waals surface area contributed by atoms with Gasteiger partial charge in [-0.2, -0.15) is 0 Å². The Kier molecular flexibility index (Phi) is 40.1. The molecule has 11 fully saturated rings. The molecule has 11 aliphatic rings. The van der Waals surface area contributed by atoms with Gasteiger partial charge in [0.1, 0.15) is 262 Å². The number of nitrogens with one attached hydrogen (secondary N) is 5. The highest BCUT2D eigenvalue weighted by atomic mass is 16.8. The highest BCUT2D eigenvalue weighted by molar-refractivity contribution is 5.75. The van der Waals surface area contributed by atoms with Crippen LogP contribution in [0.1, 0.15) is 41.5 Å². The van der Waals surface area contributed by atoms with E-state index in [4.69, 9.17) is 99.5 Å². The van der Waals surface area contributed by atoms with Crippen molar-refractivity contribution in [3.8, 4) is 0 Å². The van der Waals surface area contributed by atoms with Gasteiger partial charge in [0.25, 0.3) is 0 Å². The van der Waals surface area contributed by atoms with E-state index < -0.39 is 433 Å². The van der Waals surface area contributed by atoms with Gasteiger partial charge in [0.2, 0.25) is 29.5 Å². The summed E-state index contributed by atoms with van der Waals surface area (Å²) in [6.07, 6.45) is -105. The number of hydrogen-bond acceptors (Lipinski definition) is 55. The van der Waals surface area contributed by atoms with Gasteiger partial charge in [0, 0.05) is 34.6 Å². The van der Waals surface area contributed by atoms with Crippen LogP contribution in [0.3, 0.4) is 0 Å². The smallest absolute Gasteiger partial charge is 0.217 e. The van der Waals surface area contributed by atoms with Gasteiger partial charge in [0.15, 0.2) is 69.2 Å². The third kappa shape index (κ3) is 24.9. The third-order valence-electron chi connectivity index (χ3n) is 24.9. The van der Waals surface area contributed by atoms with Crippen LogP contribution in [0.15, 0.2) is 0 Å². The van der Waals surface area contributed by atoms with Crippen LogP contribution in [0.4, 0.5) is 0 Å². The predicted molar refractivity (Wildman–Crippen MR) is 419 cm³/mol. The lowest BCUT2D eigenvalue weighted by Crippen LogP contribution is -2.71. The summed E-state index contributed by atoms with van der Waals surface area (Å²) in [6.45, 7) is -5.25. The van der Waals surface area contributed by atoms with Gasteiger partial charge in [-0.3, -0.25) is 24.0 Å². The fourth-order valence-corrected chi connectivity index (χ4v) is 17.6. The molecule has 11 saturated heterocycles. The van der Waals surface area contributed by atoms with E-state index in [1.807, 2.05) is 0 Å². The fourth-order valence-electron chi connectivity index (χ4n) is 17.6. The molecule has 11 heterocycles. The van der Waals surface area contributed by atoms with Crippen molar-refractivity contribution in [3.05, 3.63) is 0 Å². The molecule has 0 spiro atoms. The number of ether oxygens (including phenoxy) is 21. The number of aliphatic hydroxyl groups excluding tert-OH is 29. The molecule has 11 rings (SSSR count). The Morgan fingerprint density at radius 2 is 0.463 bits per heavy atom. The molecule has 0 unspecified atom stereocenters. The molecule has 0 aromatic carbocycles. The maximum atomic E-state index is 13.4. The zero-order valence-electron chi connectivity index (χ0n) is 73.4. The molecule has 34 N–H and O–H groups in total. The Hall–Kier alpha value is -4.65. The molecular weight excluding hydrogens is 1860 g/mol. The van der Waals surface area contributed by atoms with Crippen LogP contribution in [0.2, 0.25) is 0 Å². The molecule has 136 heavy (non-hydrogen) atoms. The van der Waals surface area contributed by atoms with Crippen LogP contribution < -0.4 is 26.6 Å². The van der Waals surface area contributed by atoms with E-state index in [2.05, 4.69) is 26.6 Å². The summed E-state index contributed by atoms with van der Waals surface area (Å²) in [5, 5.41) is 338. The molecule has 5 amide bonds. The highest BCUT2D eigenvalue weighted by Crippen LogP contribution is 2.41. The van der Waals surface area contributed by atoms with Gasteiger partial charge in [-0.1, -0.05) is 0 Å². The second kappa shape index (κ2) is 48.8. The monoisotopic (exact) mass is 1990 g/mol. The Labute approximate surface area is 770 Å². The molecule has 55 atom stereocenters. The van der Waals surface area contributed by atoms with E-state index in [1.165, 1.54) is 6.92 Å². The summed E-state index contributed by atoms with van der Waals surface area (Å²) in [5.41, 5.74) is 0. The van der Waals surface area contributed by atoms with Crippen molar-refractivity contribution in [1.29, 1.82) is 0 Å². The van der Waals surface area contributed by atoms with Crippen molar-refractivity contribution in [2.45, 2.75) is 379 Å². The minimum Gasteiger partial charge on any atom is -0.394 e. The molecule has 0 saturated carbocycles. The summed E-state index contributed by atoms with van der Waals surface area (Å²) >= 11 is 0. The standard InChI is InChI=1S/C76H127N5O55/c1-17-38(94)50(106)55(111)71(119-17)117-16-32-62(46(102)33(66(115)120-32)77-18(2)89)130-69-36(80-21(5)92)48(104)61(29(13-88)126-69)133-74-58(114)63(134-76-65(53(109)42(98)26(10-85)124-76)136-70-37(81-22(6)93)49(105)60(28(12-87)127-70)132-73-57(113)52(108)41(97)25(9-84)123-73)44(100)31(128-74)15-118-75-64(135-68-34(78-19(3)90)45(101)39(95)23(7-82)121-68)54(110)43(99)30(129-75)14-116-67-35(79-20(4)91)47(103)59(27(11-86)125-67)131-72-56(112)51(107)40(96)24(8-83)122-72/h17,23-76,82-88,94-115H,7-16H2,1-6H3,(H,77,89)(H,78,90)(H,79,91)(H,80,92)(H,81,93)/t17-,23+,24+,25+,26+,27+,28+,29+,30+,31+,32+,33+,34+,35+,36+,37+,38+,39+,40-,41-,42+,43+,44+,45+,46+,47+,48+,49+,50+,51-,52-,53-,54-,55-,56+,57+,58-,59+,60+,61+,62+,63-,64-,65-,66-,67+,68-,69-,70-,71+,72-,73-,74-,75-,76+/m0/s1. The number of carbonyl (C=O) groups is 5. The number of amides is 5. The molecule has 0 aromatic rings. The number of rotatable bonds is 35. The van der Waals surface area contributed by atoms with E-state index in [0.717, 1.165) is 34.6 Å². The molecule has 0 bridgehead atoms. The lowest BCUT2D eigenvalue weighted by Gasteiger charge is -2.51. The van der Waals surface area contributed by atoms with Crippen LogP contribution >= 0.6 is 0 Å². The average molecular weight is 1990 g/mol. The van der Waals surface area contributed by atoms with E-state index >= 15 is 0 Å². The quantitative estimate of drug-likeness (QED) is 0.0280. The molecule has 0 aromatic heterocycles. The van der Waals surface area contributed by atoms with Crippen molar-refractivity contribution in [1.82, 2.24) is 26.6 Å². The first kappa shape index (κ1) is 112. The van der Waals surface area contributed by atoms with Gasteiger partial charge in [-0.15, -0.1) is 0 Å². The summed E-state index contributed by atoms with van der Waals surface area (Å²) in [4.78, 5) is 64.8.